The van der Waals surface area contributed by atoms with Crippen LogP contribution in [0.25, 0.3) is 0 Å². The van der Waals surface area contributed by atoms with Gasteiger partial charge in [0.15, 0.2) is 0 Å². The molecule has 0 radical (unpaired) electrons. The van der Waals surface area contributed by atoms with Gasteiger partial charge < -0.3 is 14.2 Å². The van der Waals surface area contributed by atoms with Crippen LogP contribution >= 0.6 is 7.60 Å². The Balaban J connectivity index is 2.29. The Morgan fingerprint density at radius 2 is 2.50 bits per heavy atom. The van der Waals surface area contributed by atoms with Gasteiger partial charge in [-0.15, -0.1) is 0 Å². The predicted molar refractivity (Wildman–Crippen MR) is 40.8 cm³/mol. The van der Waals surface area contributed by atoms with Gasteiger partial charge in [0, 0.05) is 12.8 Å². The van der Waals surface area contributed by atoms with Gasteiger partial charge in [-0.3, -0.25) is 9.36 Å². The summed E-state index contributed by atoms with van der Waals surface area (Å²) >= 11 is 0. The number of hydrogen-bond acceptors (Lipinski definition) is 4. The monoisotopic (exact) mass is 194 g/mol. The van der Waals surface area contributed by atoms with Crippen LogP contribution in [0.15, 0.2) is 0 Å². The fourth-order valence-corrected chi connectivity index (χ4v) is 2.40. The maximum Gasteiger partial charge on any atom is 0.328 e. The van der Waals surface area contributed by atoms with Gasteiger partial charge in [-0.05, 0) is 0 Å². The molecule has 1 heterocycles. The lowest BCUT2D eigenvalue weighted by Gasteiger charge is -2.05. The van der Waals surface area contributed by atoms with Crippen LogP contribution in [0.1, 0.15) is 6.92 Å². The molecule has 0 spiro atoms. The number of carbonyl (C=O) groups is 1. The van der Waals surface area contributed by atoms with E-state index in [2.05, 4.69) is 9.26 Å². The quantitative estimate of drug-likeness (QED) is 0.508. The minimum atomic E-state index is -3.35. The molecule has 12 heavy (non-hydrogen) atoms. The third-order valence-electron chi connectivity index (χ3n) is 1.52. The number of rotatable bonds is 2. The Labute approximate surface area is 70.2 Å². The maximum absolute atomic E-state index is 10.9. The molecule has 2 unspecified atom stereocenters. The summed E-state index contributed by atoms with van der Waals surface area (Å²) < 4.78 is 20.1. The molecule has 0 aromatic rings. The van der Waals surface area contributed by atoms with Gasteiger partial charge in [0.25, 0.3) is 0 Å². The van der Waals surface area contributed by atoms with Crippen molar-refractivity contribution in [3.05, 3.63) is 0 Å². The third-order valence-corrected chi connectivity index (χ3v) is 3.05. The SMILES string of the molecule is CC(=O)OCC1COP(=O)(O)C1. The molecule has 70 valence electrons. The summed E-state index contributed by atoms with van der Waals surface area (Å²) in [6.45, 7) is 1.66. The van der Waals surface area contributed by atoms with Crippen LogP contribution in [-0.4, -0.2) is 30.2 Å². The van der Waals surface area contributed by atoms with Gasteiger partial charge in [-0.1, -0.05) is 0 Å². The van der Waals surface area contributed by atoms with E-state index in [-0.39, 0.29) is 31.3 Å². The highest BCUT2D eigenvalue weighted by Gasteiger charge is 2.34. The summed E-state index contributed by atoms with van der Waals surface area (Å²) in [4.78, 5) is 19.3. The van der Waals surface area contributed by atoms with Crippen LogP contribution in [0.3, 0.4) is 0 Å². The standard InChI is InChI=1S/C6H11O5P/c1-5(7)10-2-6-3-11-12(8,9)4-6/h6H,2-4H2,1H3,(H,8,9). The minimum absolute atomic E-state index is 0.0836. The summed E-state index contributed by atoms with van der Waals surface area (Å²) in [6.07, 6.45) is 0.0836. The fourth-order valence-electron chi connectivity index (χ4n) is 0.990. The number of esters is 1. The molecule has 1 rings (SSSR count). The van der Waals surface area contributed by atoms with Crippen LogP contribution in [0.5, 0.6) is 0 Å². The summed E-state index contributed by atoms with van der Waals surface area (Å²) in [5, 5.41) is 0. The van der Waals surface area contributed by atoms with E-state index in [0.717, 1.165) is 0 Å². The van der Waals surface area contributed by atoms with E-state index in [0.29, 0.717) is 0 Å². The van der Waals surface area contributed by atoms with Gasteiger partial charge in [-0.2, -0.15) is 0 Å². The minimum Gasteiger partial charge on any atom is -0.465 e. The Kier molecular flexibility index (Phi) is 2.88. The molecule has 0 aliphatic carbocycles. The van der Waals surface area contributed by atoms with Crippen molar-refractivity contribution in [2.45, 2.75) is 6.92 Å². The summed E-state index contributed by atoms with van der Waals surface area (Å²) in [5.41, 5.74) is 0. The zero-order valence-corrected chi connectivity index (χ0v) is 7.62. The summed E-state index contributed by atoms with van der Waals surface area (Å²) in [5.74, 6) is -0.514. The highest BCUT2D eigenvalue weighted by molar-refractivity contribution is 7.53. The van der Waals surface area contributed by atoms with E-state index >= 15 is 0 Å². The summed E-state index contributed by atoms with van der Waals surface area (Å²) in [6, 6.07) is 0. The van der Waals surface area contributed by atoms with Crippen LogP contribution in [0, 0.1) is 5.92 Å². The first kappa shape index (κ1) is 9.71. The van der Waals surface area contributed by atoms with Crippen molar-refractivity contribution >= 4 is 13.6 Å². The van der Waals surface area contributed by atoms with Crippen molar-refractivity contribution < 1.29 is 23.5 Å². The highest BCUT2D eigenvalue weighted by Crippen LogP contribution is 2.49. The molecule has 1 aliphatic rings. The molecule has 2 atom stereocenters. The van der Waals surface area contributed by atoms with Crippen LogP contribution in [0.4, 0.5) is 0 Å². The van der Waals surface area contributed by atoms with E-state index < -0.39 is 7.60 Å². The smallest absolute Gasteiger partial charge is 0.328 e. The van der Waals surface area contributed by atoms with Crippen molar-refractivity contribution in [1.82, 2.24) is 0 Å². The topological polar surface area (TPSA) is 72.8 Å². The van der Waals surface area contributed by atoms with Gasteiger partial charge in [-0.25, -0.2) is 0 Å². The molecule has 0 amide bonds. The van der Waals surface area contributed by atoms with Crippen molar-refractivity contribution in [2.24, 2.45) is 5.92 Å². The molecule has 5 nitrogen and oxygen atoms in total. The van der Waals surface area contributed by atoms with E-state index in [4.69, 9.17) is 4.89 Å². The molecule has 0 aromatic heterocycles. The molecule has 1 fully saturated rings. The second kappa shape index (κ2) is 3.56. The molecule has 0 saturated carbocycles. The van der Waals surface area contributed by atoms with Gasteiger partial charge in [0.05, 0.1) is 19.4 Å². The Hall–Kier alpha value is -0.380. The average Bonchev–Trinajstić information content (AvgIpc) is 2.26. The zero-order valence-electron chi connectivity index (χ0n) is 6.73. The van der Waals surface area contributed by atoms with E-state index in [1.54, 1.807) is 0 Å². The van der Waals surface area contributed by atoms with Crippen molar-refractivity contribution in [3.63, 3.8) is 0 Å². The first-order valence-corrected chi connectivity index (χ1v) is 5.35. The molecular formula is C6H11O5P. The normalized spacial score (nSPS) is 35.0. The fraction of sp³-hybridized carbons (Fsp3) is 0.833. The third kappa shape index (κ3) is 2.93. The Morgan fingerprint density at radius 3 is 2.92 bits per heavy atom. The Bertz CT molecular complexity index is 226. The molecule has 1 saturated heterocycles. The first-order valence-electron chi connectivity index (χ1n) is 3.59. The van der Waals surface area contributed by atoms with Crippen molar-refractivity contribution in [1.29, 1.82) is 0 Å². The molecular weight excluding hydrogens is 183 g/mol. The van der Waals surface area contributed by atoms with Gasteiger partial charge in [0.1, 0.15) is 0 Å². The first-order chi connectivity index (χ1) is 5.49. The summed E-state index contributed by atoms with van der Waals surface area (Å²) in [7, 11) is -3.35. The number of ether oxygens (including phenoxy) is 1. The average molecular weight is 194 g/mol. The maximum atomic E-state index is 10.9. The molecule has 1 N–H and O–H groups in total. The lowest BCUT2D eigenvalue weighted by atomic mass is 10.2. The lowest BCUT2D eigenvalue weighted by molar-refractivity contribution is -0.142. The van der Waals surface area contributed by atoms with Crippen molar-refractivity contribution in [2.75, 3.05) is 19.4 Å². The van der Waals surface area contributed by atoms with Gasteiger partial charge >= 0.3 is 13.6 Å². The van der Waals surface area contributed by atoms with E-state index in [1.165, 1.54) is 6.92 Å². The predicted octanol–water partition coefficient (Wildman–Crippen LogP) is 0.381. The zero-order chi connectivity index (χ0) is 9.19. The second-order valence-corrected chi connectivity index (χ2v) is 4.68. The van der Waals surface area contributed by atoms with Crippen LogP contribution < -0.4 is 0 Å². The number of carbonyl (C=O) groups excluding carboxylic acids is 1. The van der Waals surface area contributed by atoms with Gasteiger partial charge in [0.2, 0.25) is 0 Å². The molecule has 6 heteroatoms. The highest BCUT2D eigenvalue weighted by atomic mass is 31.2. The number of hydrogen-bond donors (Lipinski definition) is 1. The van der Waals surface area contributed by atoms with E-state index in [1.807, 2.05) is 0 Å². The molecule has 1 aliphatic heterocycles. The van der Waals surface area contributed by atoms with Crippen molar-refractivity contribution in [3.8, 4) is 0 Å². The van der Waals surface area contributed by atoms with Crippen LogP contribution in [0.2, 0.25) is 0 Å². The van der Waals surface area contributed by atoms with E-state index in [9.17, 15) is 9.36 Å². The molecule has 0 bridgehead atoms. The Morgan fingerprint density at radius 1 is 1.83 bits per heavy atom. The lowest BCUT2D eigenvalue weighted by Crippen LogP contribution is -2.14. The second-order valence-electron chi connectivity index (χ2n) is 2.78. The largest absolute Gasteiger partial charge is 0.465 e. The molecule has 0 aromatic carbocycles. The van der Waals surface area contributed by atoms with Crippen LogP contribution in [-0.2, 0) is 18.6 Å².